The van der Waals surface area contributed by atoms with E-state index in [1.807, 2.05) is 6.07 Å². The second-order valence-electron chi connectivity index (χ2n) is 10.6. The molecular weight excluding hydrogens is 562 g/mol. The molecule has 218 valence electrons. The Bertz CT molecular complexity index is 1210. The van der Waals surface area contributed by atoms with Crippen LogP contribution in [0.4, 0.5) is 14.5 Å². The summed E-state index contributed by atoms with van der Waals surface area (Å²) in [5.74, 6) is -2.31. The molecule has 1 atom stereocenters. The number of carbonyl (C=O) groups is 2. The summed E-state index contributed by atoms with van der Waals surface area (Å²) in [7, 11) is 0. The predicted molar refractivity (Wildman–Crippen MR) is 153 cm³/mol. The molecule has 0 unspecified atom stereocenters. The monoisotopic (exact) mass is 596 g/mol. The minimum Gasteiger partial charge on any atom is -0.380 e. The van der Waals surface area contributed by atoms with E-state index in [-0.39, 0.29) is 31.0 Å². The van der Waals surface area contributed by atoms with Crippen LogP contribution in [0.2, 0.25) is 5.02 Å². The number of amides is 2. The molecule has 0 aromatic heterocycles. The number of carbonyl (C=O) groups excluding carboxylic acids is 2. The lowest BCUT2D eigenvalue weighted by atomic mass is 9.91. The van der Waals surface area contributed by atoms with Crippen LogP contribution < -0.4 is 5.32 Å². The van der Waals surface area contributed by atoms with E-state index in [0.717, 1.165) is 43.8 Å². The highest BCUT2D eigenvalue weighted by Gasteiger charge is 2.40. The Morgan fingerprint density at radius 1 is 1.00 bits per heavy atom. The highest BCUT2D eigenvalue weighted by molar-refractivity contribution is 7.59. The van der Waals surface area contributed by atoms with Crippen LogP contribution in [0.1, 0.15) is 35.7 Å². The van der Waals surface area contributed by atoms with Crippen molar-refractivity contribution in [3.63, 3.8) is 0 Å². The van der Waals surface area contributed by atoms with E-state index < -0.39 is 23.1 Å². The quantitative estimate of drug-likeness (QED) is 0.533. The van der Waals surface area contributed by atoms with Gasteiger partial charge in [-0.05, 0) is 55.7 Å². The van der Waals surface area contributed by atoms with Gasteiger partial charge in [0, 0.05) is 57.1 Å². The van der Waals surface area contributed by atoms with Crippen molar-refractivity contribution in [1.82, 2.24) is 14.7 Å². The molecule has 3 heterocycles. The Hall–Kier alpha value is -2.44. The van der Waals surface area contributed by atoms with E-state index in [1.165, 1.54) is 6.92 Å². The number of hydrogen-bond donors (Lipinski definition) is 2. The van der Waals surface area contributed by atoms with E-state index in [4.69, 9.17) is 16.3 Å². The number of ether oxygens (including phenoxy) is 1. The minimum absolute atomic E-state index is 0. The zero-order valence-electron chi connectivity index (χ0n) is 22.3. The van der Waals surface area contributed by atoms with Crippen LogP contribution >= 0.6 is 25.1 Å². The SMILES string of the molecule is C[C@@](O)(C(=O)N1CCC(N2CC(Nc3ccc(C(=O)N4CCOCC4)c(Cl)c3)C2)CC1)c1cc(F)cc(F)c1.S. The molecule has 40 heavy (non-hydrogen) atoms. The Morgan fingerprint density at radius 3 is 2.23 bits per heavy atom. The number of piperidine rings is 1. The first-order valence-electron chi connectivity index (χ1n) is 13.3. The Kier molecular flexibility index (Phi) is 9.62. The first kappa shape index (κ1) is 30.5. The van der Waals surface area contributed by atoms with Gasteiger partial charge in [0.1, 0.15) is 11.6 Å². The topological polar surface area (TPSA) is 85.3 Å². The van der Waals surface area contributed by atoms with Gasteiger partial charge < -0.3 is 25.0 Å². The summed E-state index contributed by atoms with van der Waals surface area (Å²) in [6, 6.07) is 8.67. The van der Waals surface area contributed by atoms with Crippen molar-refractivity contribution in [1.29, 1.82) is 0 Å². The average Bonchev–Trinajstić information content (AvgIpc) is 2.90. The van der Waals surface area contributed by atoms with Gasteiger partial charge >= 0.3 is 0 Å². The predicted octanol–water partition coefficient (Wildman–Crippen LogP) is 3.20. The summed E-state index contributed by atoms with van der Waals surface area (Å²) in [6.45, 7) is 6.06. The average molecular weight is 597 g/mol. The van der Waals surface area contributed by atoms with E-state index in [0.29, 0.717) is 62.1 Å². The van der Waals surface area contributed by atoms with Crippen LogP contribution in [0.25, 0.3) is 0 Å². The molecular formula is C28H35ClF2N4O4S. The first-order valence-corrected chi connectivity index (χ1v) is 13.6. The maximum Gasteiger partial charge on any atom is 0.258 e. The summed E-state index contributed by atoms with van der Waals surface area (Å²) in [6.07, 6.45) is 1.49. The maximum atomic E-state index is 13.6. The van der Waals surface area contributed by atoms with Gasteiger partial charge in [0.25, 0.3) is 11.8 Å². The molecule has 3 aliphatic rings. The van der Waals surface area contributed by atoms with Crippen molar-refractivity contribution in [2.75, 3.05) is 57.8 Å². The molecule has 2 amide bonds. The van der Waals surface area contributed by atoms with Crippen LogP contribution in [-0.2, 0) is 15.1 Å². The van der Waals surface area contributed by atoms with Crippen molar-refractivity contribution >= 4 is 42.6 Å². The van der Waals surface area contributed by atoms with Crippen molar-refractivity contribution < 1.29 is 28.2 Å². The molecule has 0 saturated carbocycles. The molecule has 3 fully saturated rings. The van der Waals surface area contributed by atoms with Gasteiger partial charge in [0.05, 0.1) is 29.8 Å². The number of hydrogen-bond acceptors (Lipinski definition) is 6. The number of aliphatic hydroxyl groups is 1. The molecule has 3 aliphatic heterocycles. The van der Waals surface area contributed by atoms with Crippen molar-refractivity contribution in [2.45, 2.75) is 37.5 Å². The maximum absolute atomic E-state index is 13.6. The number of nitrogens with zero attached hydrogens (tertiary/aromatic N) is 3. The molecule has 2 aromatic carbocycles. The van der Waals surface area contributed by atoms with Gasteiger partial charge in [-0.2, -0.15) is 13.5 Å². The van der Waals surface area contributed by atoms with Crippen LogP contribution in [0.15, 0.2) is 36.4 Å². The summed E-state index contributed by atoms with van der Waals surface area (Å²) in [4.78, 5) is 31.4. The molecule has 3 saturated heterocycles. The van der Waals surface area contributed by atoms with Crippen LogP contribution in [0, 0.1) is 11.6 Å². The largest absolute Gasteiger partial charge is 0.380 e. The number of likely N-dealkylation sites (tertiary alicyclic amines) is 2. The molecule has 0 radical (unpaired) electrons. The summed E-state index contributed by atoms with van der Waals surface area (Å²) >= 11 is 6.45. The zero-order valence-corrected chi connectivity index (χ0v) is 24.1. The van der Waals surface area contributed by atoms with Crippen LogP contribution in [0.3, 0.4) is 0 Å². The van der Waals surface area contributed by atoms with Gasteiger partial charge in [0.2, 0.25) is 0 Å². The number of anilines is 1. The standard InChI is InChI=1S/C28H33ClF2N4O4.H2S/c1-28(38,18-12-19(30)14-20(31)13-18)27(37)34-6-4-23(5-7-34)35-16-22(17-35)32-21-2-3-24(25(29)15-21)26(36)33-8-10-39-11-9-33;/h2-3,12-15,22-23,32,38H,4-11,16-17H2,1H3;1H2/t28-;/m0./s1. The summed E-state index contributed by atoms with van der Waals surface area (Å²) in [5, 5.41) is 14.7. The molecule has 5 rings (SSSR count). The number of benzene rings is 2. The fourth-order valence-electron chi connectivity index (χ4n) is 5.55. The van der Waals surface area contributed by atoms with Crippen molar-refractivity contribution in [3.8, 4) is 0 Å². The van der Waals surface area contributed by atoms with E-state index in [1.54, 1.807) is 21.9 Å². The third-order valence-corrected chi connectivity index (χ3v) is 8.20. The van der Waals surface area contributed by atoms with Crippen molar-refractivity contribution in [3.05, 3.63) is 64.2 Å². The lowest BCUT2D eigenvalue weighted by molar-refractivity contribution is -0.152. The number of rotatable bonds is 6. The van der Waals surface area contributed by atoms with Gasteiger partial charge in [-0.3, -0.25) is 14.5 Å². The van der Waals surface area contributed by atoms with E-state index >= 15 is 0 Å². The number of morpholine rings is 1. The molecule has 2 N–H and O–H groups in total. The first-order chi connectivity index (χ1) is 18.6. The van der Waals surface area contributed by atoms with Gasteiger partial charge in [0.15, 0.2) is 5.60 Å². The molecule has 8 nitrogen and oxygen atoms in total. The molecule has 0 bridgehead atoms. The Balaban J connectivity index is 0.00000370. The number of nitrogens with one attached hydrogen (secondary N) is 1. The smallest absolute Gasteiger partial charge is 0.258 e. The van der Waals surface area contributed by atoms with Gasteiger partial charge in [-0.15, -0.1) is 0 Å². The Labute approximate surface area is 244 Å². The normalized spacial score (nSPS) is 20.3. The van der Waals surface area contributed by atoms with Crippen LogP contribution in [0.5, 0.6) is 0 Å². The highest BCUT2D eigenvalue weighted by Crippen LogP contribution is 2.30. The second-order valence-corrected chi connectivity index (χ2v) is 11.1. The lowest BCUT2D eigenvalue weighted by Gasteiger charge is -2.48. The summed E-state index contributed by atoms with van der Waals surface area (Å²) in [5.41, 5.74) is -0.755. The number of halogens is 3. The van der Waals surface area contributed by atoms with E-state index in [2.05, 4.69) is 10.2 Å². The molecule has 0 spiro atoms. The highest BCUT2D eigenvalue weighted by atomic mass is 35.5. The minimum atomic E-state index is -2.01. The van der Waals surface area contributed by atoms with Crippen LogP contribution in [-0.4, -0.2) is 96.2 Å². The van der Waals surface area contributed by atoms with E-state index in [9.17, 15) is 23.5 Å². The fourth-order valence-corrected chi connectivity index (χ4v) is 5.81. The fraction of sp³-hybridized carbons (Fsp3) is 0.500. The third-order valence-electron chi connectivity index (χ3n) is 7.89. The second kappa shape index (κ2) is 12.6. The zero-order chi connectivity index (χ0) is 27.7. The summed E-state index contributed by atoms with van der Waals surface area (Å²) < 4.78 is 32.6. The molecule has 0 aliphatic carbocycles. The van der Waals surface area contributed by atoms with Crippen molar-refractivity contribution in [2.24, 2.45) is 0 Å². The van der Waals surface area contributed by atoms with Gasteiger partial charge in [-0.1, -0.05) is 11.6 Å². The third kappa shape index (κ3) is 6.54. The Morgan fingerprint density at radius 2 is 1.62 bits per heavy atom. The molecule has 12 heteroatoms. The molecule has 2 aromatic rings. The lowest BCUT2D eigenvalue weighted by Crippen LogP contribution is -2.61. The van der Waals surface area contributed by atoms with Gasteiger partial charge in [-0.25, -0.2) is 8.78 Å².